The van der Waals surface area contributed by atoms with Gasteiger partial charge < -0.3 is 9.47 Å². The van der Waals surface area contributed by atoms with Crippen molar-refractivity contribution in [3.8, 4) is 0 Å². The topological polar surface area (TPSA) is 171 Å². The van der Waals surface area contributed by atoms with Gasteiger partial charge in [-0.05, 0) is 80.4 Å². The van der Waals surface area contributed by atoms with E-state index in [0.29, 0.717) is 32.4 Å². The van der Waals surface area contributed by atoms with E-state index in [2.05, 4.69) is 35.2 Å². The van der Waals surface area contributed by atoms with E-state index < -0.39 is 10.1 Å². The average molecular weight is 718 g/mol. The van der Waals surface area contributed by atoms with Crippen LogP contribution in [0.1, 0.15) is 43.9 Å². The second kappa shape index (κ2) is 16.5. The van der Waals surface area contributed by atoms with Crippen LogP contribution in [0, 0.1) is 6.92 Å². The zero-order valence-electron chi connectivity index (χ0n) is 23.8. The molecular weight excluding hydrogens is 690 g/mol. The van der Waals surface area contributed by atoms with Gasteiger partial charge in [0.1, 0.15) is 10.3 Å². The van der Waals surface area contributed by atoms with Crippen LogP contribution in [0.4, 0.5) is 0 Å². The predicted octanol–water partition coefficient (Wildman–Crippen LogP) is 7.04. The van der Waals surface area contributed by atoms with E-state index in [1.807, 2.05) is 13.0 Å². The van der Waals surface area contributed by atoms with Crippen LogP contribution in [0.2, 0.25) is 20.9 Å². The molecule has 2 N–H and O–H groups in total. The van der Waals surface area contributed by atoms with Crippen molar-refractivity contribution in [2.45, 2.75) is 50.2 Å². The van der Waals surface area contributed by atoms with Gasteiger partial charge in [0.05, 0.1) is 40.9 Å². The van der Waals surface area contributed by atoms with Crippen molar-refractivity contribution in [3.05, 3.63) is 75.4 Å². The van der Waals surface area contributed by atoms with Crippen molar-refractivity contribution < 1.29 is 22.4 Å². The molecule has 1 fully saturated rings. The van der Waals surface area contributed by atoms with Gasteiger partial charge in [-0.2, -0.15) is 28.6 Å². The van der Waals surface area contributed by atoms with E-state index in [4.69, 9.17) is 60.4 Å². The molecule has 2 aliphatic rings. The largest absolute Gasteiger partial charge is 0.502 e. The number of nitrogens with one attached hydrogen (secondary N) is 1. The Labute approximate surface area is 278 Å². The molecule has 0 spiro atoms. The van der Waals surface area contributed by atoms with E-state index >= 15 is 0 Å². The summed E-state index contributed by atoms with van der Waals surface area (Å²) in [5.41, 5.74) is 2.13. The lowest BCUT2D eigenvalue weighted by atomic mass is 10.2. The molecule has 7 rings (SSSR count). The Balaban J connectivity index is 0.000000145. The lowest BCUT2D eigenvalue weighted by Crippen LogP contribution is -2.19. The van der Waals surface area contributed by atoms with Crippen LogP contribution >= 0.6 is 46.4 Å². The number of ether oxygens (including phenoxy) is 2. The summed E-state index contributed by atoms with van der Waals surface area (Å²) in [4.78, 5) is 15.6. The van der Waals surface area contributed by atoms with Crippen molar-refractivity contribution in [1.82, 2.24) is 39.9 Å². The summed E-state index contributed by atoms with van der Waals surface area (Å²) < 4.78 is 41.8. The van der Waals surface area contributed by atoms with Gasteiger partial charge in [-0.3, -0.25) is 9.65 Å². The number of halogens is 4. The molecule has 18 heteroatoms. The Kier molecular flexibility index (Phi) is 12.7. The molecule has 2 aliphatic heterocycles. The third-order valence-corrected chi connectivity index (χ3v) is 7.97. The van der Waals surface area contributed by atoms with Gasteiger partial charge in [0.15, 0.2) is 17.5 Å². The van der Waals surface area contributed by atoms with Crippen molar-refractivity contribution >= 4 is 78.6 Å². The maximum atomic E-state index is 10.5. The highest BCUT2D eigenvalue weighted by molar-refractivity contribution is 7.85. The van der Waals surface area contributed by atoms with Crippen LogP contribution in [-0.2, 0) is 19.6 Å². The molecule has 5 aromatic rings. The Morgan fingerprint density at radius 2 is 1.62 bits per heavy atom. The Morgan fingerprint density at radius 3 is 2.20 bits per heavy atom. The van der Waals surface area contributed by atoms with Crippen molar-refractivity contribution in [2.75, 3.05) is 13.2 Å². The number of hydrogen-bond donors (Lipinski definition) is 2. The number of aryl methyl sites for hydroxylation is 1. The van der Waals surface area contributed by atoms with Crippen LogP contribution in [0.25, 0.3) is 22.1 Å². The van der Waals surface area contributed by atoms with E-state index in [1.165, 1.54) is 25.0 Å². The fourth-order valence-electron chi connectivity index (χ4n) is 3.97. The molecule has 45 heavy (non-hydrogen) atoms. The van der Waals surface area contributed by atoms with Gasteiger partial charge in [-0.1, -0.05) is 40.9 Å². The van der Waals surface area contributed by atoms with Gasteiger partial charge in [-0.15, -0.1) is 0 Å². The van der Waals surface area contributed by atoms with Crippen molar-refractivity contribution in [3.63, 3.8) is 0 Å². The van der Waals surface area contributed by atoms with Crippen LogP contribution in [0.3, 0.4) is 0 Å². The monoisotopic (exact) mass is 716 g/mol. The van der Waals surface area contributed by atoms with Crippen molar-refractivity contribution in [1.29, 1.82) is 0 Å². The second-order valence-corrected chi connectivity index (χ2v) is 12.3. The summed E-state index contributed by atoms with van der Waals surface area (Å²) in [6.45, 7) is 3.50. The molecule has 13 nitrogen and oxygen atoms in total. The molecule has 0 radical (unpaired) electrons. The molecule has 1 atom stereocenters. The Morgan fingerprint density at radius 1 is 0.911 bits per heavy atom. The van der Waals surface area contributed by atoms with E-state index in [-0.39, 0.29) is 21.7 Å². The summed E-state index contributed by atoms with van der Waals surface area (Å²) >= 11 is 23.0. The number of aromatic amines is 1. The third-order valence-electron chi connectivity index (χ3n) is 6.19. The fourth-order valence-corrected chi connectivity index (χ4v) is 5.30. The van der Waals surface area contributed by atoms with E-state index in [1.54, 1.807) is 35.5 Å². The number of aromatic nitrogens is 8. The predicted molar refractivity (Wildman–Crippen MR) is 171 cm³/mol. The Hall–Kier alpha value is -3.11. The molecule has 1 unspecified atom stereocenters. The molecule has 0 bridgehead atoms. The molecule has 1 saturated heterocycles. The smallest absolute Gasteiger partial charge is 0.294 e. The molecular formula is C27H28Cl4N8O5S. The molecule has 0 amide bonds. The lowest BCUT2D eigenvalue weighted by molar-refractivity contribution is -0.0370. The molecule has 240 valence electrons. The minimum atomic E-state index is -4.02. The third kappa shape index (κ3) is 10.2. The van der Waals surface area contributed by atoms with Crippen LogP contribution in [-0.4, -0.2) is 66.1 Å². The van der Waals surface area contributed by atoms with Gasteiger partial charge >= 0.3 is 0 Å². The maximum absolute atomic E-state index is 10.5. The normalized spacial score (nSPS) is 16.0. The maximum Gasteiger partial charge on any atom is 0.294 e. The van der Waals surface area contributed by atoms with Crippen LogP contribution in [0.5, 0.6) is 0 Å². The highest BCUT2D eigenvalue weighted by atomic mass is 35.5. The standard InChI is InChI=1S/C10H10Cl2N4O.C7H8O3S.C5H2Cl2N4.C5H8O/c11-8-6-5-13-16(7-3-1-2-4-17-7)9(6)15-10(12)14-8;1-6-2-4-7(5-3-6)11(8,9)10;6-3-2-1-8-11-4(2)10-5(7)9-3;1-2-4-6-5-3-1/h5,7H,1-4H2;2-5H,1H3,(H,8,9,10);1H,(H,8,9,10,11);2,4H,1,3,5H2. The molecule has 6 heterocycles. The first kappa shape index (κ1) is 34.8. The number of allylic oxidation sites excluding steroid dienone is 1. The summed E-state index contributed by atoms with van der Waals surface area (Å²) in [5.74, 6) is 0. The SMILES string of the molecule is C1=COCCC1.Cc1ccc(S(=O)(=O)O)cc1.Clc1nc(Cl)c2cn[nH]c2n1.Clc1nc(Cl)c2cnn(C3CCCCO3)c2n1. The zero-order chi connectivity index (χ0) is 32.4. The molecule has 0 saturated carbocycles. The first-order chi connectivity index (χ1) is 21.5. The minimum Gasteiger partial charge on any atom is -0.502 e. The van der Waals surface area contributed by atoms with Gasteiger partial charge in [0.25, 0.3) is 10.1 Å². The average Bonchev–Trinajstić information content (AvgIpc) is 3.67. The van der Waals surface area contributed by atoms with Crippen LogP contribution < -0.4 is 0 Å². The fraction of sp³-hybridized carbons (Fsp3) is 0.333. The second-order valence-electron chi connectivity index (χ2n) is 9.52. The zero-order valence-corrected chi connectivity index (χ0v) is 27.6. The van der Waals surface area contributed by atoms with Gasteiger partial charge in [-0.25, -0.2) is 14.6 Å². The summed E-state index contributed by atoms with van der Waals surface area (Å²) in [6.07, 6.45) is 12.5. The number of nitrogens with zero attached hydrogens (tertiary/aromatic N) is 7. The molecule has 4 aromatic heterocycles. The quantitative estimate of drug-likeness (QED) is 0.109. The van der Waals surface area contributed by atoms with Gasteiger partial charge in [0.2, 0.25) is 10.6 Å². The molecule has 1 aromatic carbocycles. The number of H-pyrrole nitrogens is 1. The Bertz CT molecular complexity index is 1840. The number of fused-ring (bicyclic) bond motifs is 2. The summed E-state index contributed by atoms with van der Waals surface area (Å²) in [7, 11) is -4.02. The highest BCUT2D eigenvalue weighted by Gasteiger charge is 2.20. The minimum absolute atomic E-state index is 0.0666. The van der Waals surface area contributed by atoms with Gasteiger partial charge in [0, 0.05) is 6.61 Å². The summed E-state index contributed by atoms with van der Waals surface area (Å²) in [5, 5.41) is 12.9. The van der Waals surface area contributed by atoms with Crippen LogP contribution in [0.15, 0.2) is 53.9 Å². The highest BCUT2D eigenvalue weighted by Crippen LogP contribution is 2.28. The number of rotatable bonds is 2. The number of benzene rings is 1. The summed E-state index contributed by atoms with van der Waals surface area (Å²) in [6, 6.07) is 5.99. The number of hydrogen-bond acceptors (Lipinski definition) is 10. The van der Waals surface area contributed by atoms with Crippen molar-refractivity contribution in [2.24, 2.45) is 0 Å². The van der Waals surface area contributed by atoms with E-state index in [9.17, 15) is 8.42 Å². The first-order valence-corrected chi connectivity index (χ1v) is 16.5. The lowest BCUT2D eigenvalue weighted by Gasteiger charge is -2.22. The molecule has 0 aliphatic carbocycles. The van der Waals surface area contributed by atoms with E-state index in [0.717, 1.165) is 38.0 Å². The first-order valence-electron chi connectivity index (χ1n) is 13.5.